The van der Waals surface area contributed by atoms with Gasteiger partial charge in [-0.1, -0.05) is 13.8 Å². The van der Waals surface area contributed by atoms with Gasteiger partial charge in [-0.2, -0.15) is 0 Å². The number of imidazole rings is 1. The van der Waals surface area contributed by atoms with E-state index in [0.717, 1.165) is 12.1 Å². The van der Waals surface area contributed by atoms with Gasteiger partial charge in [-0.15, -0.1) is 11.6 Å². The standard InChI is InChI=1S/C14H15ClF2N2O2/c1-7(2)13(14(20)21-3)19-10-5-8(16)4-9(17)12(10)18-11(19)6-15/h4-5,7,13H,6H2,1-3H3. The Kier molecular flexibility index (Phi) is 4.46. The van der Waals surface area contributed by atoms with Gasteiger partial charge < -0.3 is 9.30 Å². The lowest BCUT2D eigenvalue weighted by molar-refractivity contribution is -0.145. The van der Waals surface area contributed by atoms with E-state index in [2.05, 4.69) is 4.98 Å². The van der Waals surface area contributed by atoms with Gasteiger partial charge in [0.25, 0.3) is 0 Å². The highest BCUT2D eigenvalue weighted by Gasteiger charge is 2.30. The van der Waals surface area contributed by atoms with Crippen molar-refractivity contribution >= 4 is 28.6 Å². The van der Waals surface area contributed by atoms with E-state index in [1.165, 1.54) is 11.7 Å². The zero-order valence-corrected chi connectivity index (χ0v) is 12.6. The molecule has 0 amide bonds. The third-order valence-electron chi connectivity index (χ3n) is 3.26. The van der Waals surface area contributed by atoms with E-state index < -0.39 is 23.6 Å². The molecule has 4 nitrogen and oxygen atoms in total. The number of ether oxygens (including phenoxy) is 1. The number of hydrogen-bond acceptors (Lipinski definition) is 3. The highest BCUT2D eigenvalue weighted by Crippen LogP contribution is 2.29. The molecule has 0 spiro atoms. The molecule has 114 valence electrons. The number of aromatic nitrogens is 2. The van der Waals surface area contributed by atoms with E-state index >= 15 is 0 Å². The molecule has 0 saturated carbocycles. The molecule has 0 aliphatic rings. The van der Waals surface area contributed by atoms with E-state index in [4.69, 9.17) is 16.3 Å². The number of alkyl halides is 1. The first-order valence-corrected chi connectivity index (χ1v) is 6.93. The van der Waals surface area contributed by atoms with Crippen LogP contribution < -0.4 is 0 Å². The summed E-state index contributed by atoms with van der Waals surface area (Å²) in [6.07, 6.45) is 0. The Morgan fingerprint density at radius 1 is 1.43 bits per heavy atom. The summed E-state index contributed by atoms with van der Waals surface area (Å²) >= 11 is 5.84. The molecule has 0 fully saturated rings. The number of fused-ring (bicyclic) bond motifs is 1. The number of nitrogens with zero attached hydrogens (tertiary/aromatic N) is 2. The van der Waals surface area contributed by atoms with Crippen molar-refractivity contribution in [2.75, 3.05) is 7.11 Å². The second kappa shape index (κ2) is 5.97. The Morgan fingerprint density at radius 2 is 2.10 bits per heavy atom. The molecule has 21 heavy (non-hydrogen) atoms. The largest absolute Gasteiger partial charge is 0.467 e. The van der Waals surface area contributed by atoms with E-state index in [0.29, 0.717) is 5.82 Å². The third-order valence-corrected chi connectivity index (χ3v) is 3.50. The molecular formula is C14H15ClF2N2O2. The molecule has 1 aromatic heterocycles. The van der Waals surface area contributed by atoms with Crippen LogP contribution >= 0.6 is 11.6 Å². The number of hydrogen-bond donors (Lipinski definition) is 0. The van der Waals surface area contributed by atoms with E-state index in [9.17, 15) is 13.6 Å². The first kappa shape index (κ1) is 15.7. The van der Waals surface area contributed by atoms with E-state index in [1.807, 2.05) is 0 Å². The van der Waals surface area contributed by atoms with Crippen molar-refractivity contribution in [3.8, 4) is 0 Å². The molecule has 2 rings (SSSR count). The predicted molar refractivity (Wildman–Crippen MR) is 75.1 cm³/mol. The summed E-state index contributed by atoms with van der Waals surface area (Å²) in [5, 5.41) is 0. The van der Waals surface area contributed by atoms with Crippen LogP contribution in [0.1, 0.15) is 25.7 Å². The molecule has 0 saturated heterocycles. The fourth-order valence-corrected chi connectivity index (χ4v) is 2.56. The quantitative estimate of drug-likeness (QED) is 0.641. The van der Waals surface area contributed by atoms with Crippen LogP contribution in [0.4, 0.5) is 8.78 Å². The van der Waals surface area contributed by atoms with Crippen LogP contribution in [0.15, 0.2) is 12.1 Å². The number of halogens is 3. The lowest BCUT2D eigenvalue weighted by Crippen LogP contribution is -2.27. The Morgan fingerprint density at radius 3 is 2.62 bits per heavy atom. The highest BCUT2D eigenvalue weighted by atomic mass is 35.5. The molecule has 2 aromatic rings. The number of methoxy groups -OCH3 is 1. The normalized spacial score (nSPS) is 12.9. The van der Waals surface area contributed by atoms with Crippen molar-refractivity contribution in [2.24, 2.45) is 5.92 Å². The third kappa shape index (κ3) is 2.72. The maximum atomic E-state index is 13.8. The van der Waals surface area contributed by atoms with Crippen LogP contribution in [0.2, 0.25) is 0 Å². The molecular weight excluding hydrogens is 302 g/mol. The number of carbonyl (C=O) groups excluding carboxylic acids is 1. The molecule has 0 aliphatic heterocycles. The van der Waals surface area contributed by atoms with E-state index in [1.54, 1.807) is 13.8 Å². The molecule has 1 heterocycles. The average molecular weight is 317 g/mol. The molecule has 1 atom stereocenters. The topological polar surface area (TPSA) is 44.1 Å². The van der Waals surface area contributed by atoms with Gasteiger partial charge in [0.2, 0.25) is 0 Å². The van der Waals surface area contributed by atoms with Crippen LogP contribution in [-0.4, -0.2) is 22.6 Å². The van der Waals surface area contributed by atoms with Crippen LogP contribution in [-0.2, 0) is 15.4 Å². The minimum atomic E-state index is -0.789. The van der Waals surface area contributed by atoms with Crippen LogP contribution in [0.25, 0.3) is 11.0 Å². The zero-order valence-electron chi connectivity index (χ0n) is 11.9. The first-order chi connectivity index (χ1) is 9.90. The van der Waals surface area contributed by atoms with Gasteiger partial charge in [0.05, 0.1) is 18.5 Å². The van der Waals surface area contributed by atoms with Gasteiger partial charge in [0.15, 0.2) is 5.82 Å². The van der Waals surface area contributed by atoms with Crippen molar-refractivity contribution in [1.82, 2.24) is 9.55 Å². The van der Waals surface area contributed by atoms with Gasteiger partial charge in [-0.25, -0.2) is 18.6 Å². The summed E-state index contributed by atoms with van der Waals surface area (Å²) in [4.78, 5) is 16.1. The van der Waals surface area contributed by atoms with Crippen LogP contribution in [0.5, 0.6) is 0 Å². The molecule has 0 radical (unpaired) electrons. The minimum Gasteiger partial charge on any atom is -0.467 e. The highest BCUT2D eigenvalue weighted by molar-refractivity contribution is 6.17. The van der Waals surface area contributed by atoms with Gasteiger partial charge in [0.1, 0.15) is 23.2 Å². The van der Waals surface area contributed by atoms with E-state index in [-0.39, 0.29) is 22.8 Å². The van der Waals surface area contributed by atoms with Crippen molar-refractivity contribution in [3.63, 3.8) is 0 Å². The van der Waals surface area contributed by atoms with Crippen LogP contribution in [0.3, 0.4) is 0 Å². The maximum Gasteiger partial charge on any atom is 0.329 e. The van der Waals surface area contributed by atoms with Crippen molar-refractivity contribution in [3.05, 3.63) is 29.6 Å². The first-order valence-electron chi connectivity index (χ1n) is 6.40. The predicted octanol–water partition coefficient (Wildman–Crippen LogP) is 3.42. The molecule has 0 N–H and O–H groups in total. The monoisotopic (exact) mass is 316 g/mol. The number of benzene rings is 1. The Balaban J connectivity index is 2.79. The van der Waals surface area contributed by atoms with Gasteiger partial charge in [-0.3, -0.25) is 0 Å². The second-order valence-corrected chi connectivity index (χ2v) is 5.27. The van der Waals surface area contributed by atoms with Crippen molar-refractivity contribution in [2.45, 2.75) is 25.8 Å². The van der Waals surface area contributed by atoms with Crippen molar-refractivity contribution in [1.29, 1.82) is 0 Å². The number of rotatable bonds is 4. The molecule has 7 heteroatoms. The van der Waals surface area contributed by atoms with Crippen LogP contribution in [0, 0.1) is 17.6 Å². The molecule has 0 bridgehead atoms. The molecule has 1 unspecified atom stereocenters. The number of carbonyl (C=O) groups is 1. The second-order valence-electron chi connectivity index (χ2n) is 5.00. The maximum absolute atomic E-state index is 13.8. The Bertz CT molecular complexity index is 685. The molecule has 1 aromatic carbocycles. The van der Waals surface area contributed by atoms with Crippen molar-refractivity contribution < 1.29 is 18.3 Å². The lowest BCUT2D eigenvalue weighted by Gasteiger charge is -2.22. The summed E-state index contributed by atoms with van der Waals surface area (Å²) in [7, 11) is 1.26. The smallest absolute Gasteiger partial charge is 0.329 e. The van der Waals surface area contributed by atoms with Gasteiger partial charge in [-0.05, 0) is 5.92 Å². The average Bonchev–Trinajstić information content (AvgIpc) is 2.77. The lowest BCUT2D eigenvalue weighted by atomic mass is 10.0. The summed E-state index contributed by atoms with van der Waals surface area (Å²) in [6, 6.07) is 1.13. The summed E-state index contributed by atoms with van der Waals surface area (Å²) < 4.78 is 33.6. The van der Waals surface area contributed by atoms with Gasteiger partial charge in [0, 0.05) is 12.1 Å². The summed E-state index contributed by atoms with van der Waals surface area (Å²) in [5.41, 5.74) is 0.175. The fourth-order valence-electron chi connectivity index (χ4n) is 2.37. The molecule has 0 aliphatic carbocycles. The van der Waals surface area contributed by atoms with Gasteiger partial charge >= 0.3 is 5.97 Å². The zero-order chi connectivity index (χ0) is 15.7. The summed E-state index contributed by atoms with van der Waals surface area (Å²) in [5.74, 6) is -1.95. The fraction of sp³-hybridized carbons (Fsp3) is 0.429. The summed E-state index contributed by atoms with van der Waals surface area (Å²) in [6.45, 7) is 3.61. The Labute approximate surface area is 125 Å². The Hall–Kier alpha value is -1.69. The number of esters is 1. The SMILES string of the molecule is COC(=O)C(C(C)C)n1c(CCl)nc2c(F)cc(F)cc21. The minimum absolute atomic E-state index is 0.0124.